The van der Waals surface area contributed by atoms with Gasteiger partial charge in [-0.1, -0.05) is 12.1 Å². The summed E-state index contributed by atoms with van der Waals surface area (Å²) in [5, 5.41) is 18.9. The molecule has 0 saturated heterocycles. The van der Waals surface area contributed by atoms with E-state index >= 15 is 0 Å². The van der Waals surface area contributed by atoms with Crippen molar-refractivity contribution >= 4 is 19.2 Å². The monoisotopic (exact) mass is 195 g/mol. The van der Waals surface area contributed by atoms with E-state index in [2.05, 4.69) is 0 Å². The number of phenols is 1. The minimum atomic E-state index is -0.630. The van der Waals surface area contributed by atoms with Gasteiger partial charge in [0.2, 0.25) is 0 Å². The van der Waals surface area contributed by atoms with Crippen LogP contribution in [-0.4, -0.2) is 10.0 Å². The third kappa shape index (κ3) is 3.44. The van der Waals surface area contributed by atoms with Crippen LogP contribution in [0.4, 0.5) is 5.69 Å². The molecule has 1 rings (SSSR count). The summed E-state index contributed by atoms with van der Waals surface area (Å²) in [5.41, 5.74) is -0.262. The molecule has 0 heterocycles. The van der Waals surface area contributed by atoms with Gasteiger partial charge in [-0.15, -0.1) is 0 Å². The van der Waals surface area contributed by atoms with E-state index in [1.165, 1.54) is 24.3 Å². The van der Waals surface area contributed by atoms with Gasteiger partial charge in [-0.25, -0.2) is 0 Å². The third-order valence-corrected chi connectivity index (χ3v) is 1.08. The first-order valence-corrected chi connectivity index (χ1v) is 2.64. The summed E-state index contributed by atoms with van der Waals surface area (Å²) in [4.78, 5) is 9.44. The van der Waals surface area contributed by atoms with Crippen molar-refractivity contribution in [2.24, 2.45) is 0 Å². The van der Waals surface area contributed by atoms with Crippen molar-refractivity contribution < 1.29 is 39.6 Å². The van der Waals surface area contributed by atoms with Crippen molar-refractivity contribution in [2.45, 2.75) is 0 Å². The number of hydrogen-bond donors (Lipinski definition) is 1. The Hall–Kier alpha value is -0.230. The third-order valence-electron chi connectivity index (χ3n) is 1.08. The predicted octanol–water partition coefficient (Wildman–Crippen LogP) is -1.97. The van der Waals surface area contributed by atoms with Gasteiger partial charge in [0, 0.05) is 6.07 Å². The maximum Gasteiger partial charge on any atom is 1.00 e. The van der Waals surface area contributed by atoms with Crippen LogP contribution >= 0.6 is 0 Å². The molecule has 0 aliphatic heterocycles. The summed E-state index contributed by atoms with van der Waals surface area (Å²) in [6.07, 6.45) is 0. The van der Waals surface area contributed by atoms with E-state index in [-0.39, 0.29) is 54.5 Å². The number of benzene rings is 1. The quantitative estimate of drug-likeness (QED) is 0.186. The van der Waals surface area contributed by atoms with Crippen LogP contribution < -0.4 is 29.6 Å². The molecule has 0 saturated carbocycles. The van der Waals surface area contributed by atoms with E-state index in [1.807, 2.05) is 0 Å². The Morgan fingerprint density at radius 1 is 1.33 bits per heavy atom. The van der Waals surface area contributed by atoms with Crippen LogP contribution in [-0.2, 0) is 13.5 Å². The van der Waals surface area contributed by atoms with E-state index in [4.69, 9.17) is 5.11 Å². The standard InChI is InChI=1S/C6H5NO3.Na.H2S/c8-6-4-2-1-3-5(6)7(9)10;;/h1-4,8H;;1H2/q;+1;/p-1. The molecular formula is C6H6NNaO3S. The molecule has 0 aromatic heterocycles. The number of thiol groups is 1. The first-order valence-electron chi connectivity index (χ1n) is 2.64. The molecular weight excluding hydrogens is 189 g/mol. The molecule has 0 aliphatic carbocycles. The van der Waals surface area contributed by atoms with Crippen molar-refractivity contribution in [3.05, 3.63) is 34.4 Å². The topological polar surface area (TPSA) is 63.4 Å². The zero-order chi connectivity index (χ0) is 7.56. The minimum Gasteiger partial charge on any atom is -0.813 e. The van der Waals surface area contributed by atoms with Gasteiger partial charge in [-0.05, 0) is 6.07 Å². The van der Waals surface area contributed by atoms with Gasteiger partial charge in [0.15, 0.2) is 5.75 Å². The first-order chi connectivity index (χ1) is 4.72. The second kappa shape index (κ2) is 6.30. The van der Waals surface area contributed by atoms with Crippen LogP contribution in [0.25, 0.3) is 0 Å². The number of nitrogens with zero attached hydrogens (tertiary/aromatic N) is 1. The number of para-hydroxylation sites is 2. The number of hydrogen-bond acceptors (Lipinski definition) is 4. The molecule has 0 atom stereocenters. The van der Waals surface area contributed by atoms with Gasteiger partial charge in [-0.2, -0.15) is 0 Å². The molecule has 0 radical (unpaired) electrons. The normalized spacial score (nSPS) is 7.67. The molecule has 1 N–H and O–H groups in total. The van der Waals surface area contributed by atoms with Gasteiger partial charge >= 0.3 is 35.2 Å². The number of rotatable bonds is 1. The molecule has 0 fully saturated rings. The Bertz CT molecular complexity index is 269. The van der Waals surface area contributed by atoms with Crippen molar-refractivity contribution in [3.8, 4) is 5.75 Å². The molecule has 1 aromatic carbocycles. The summed E-state index contributed by atoms with van der Waals surface area (Å²) < 4.78 is 0. The number of nitro benzene ring substituents is 1. The van der Waals surface area contributed by atoms with E-state index in [1.54, 1.807) is 0 Å². The Morgan fingerprint density at radius 2 is 1.83 bits per heavy atom. The van der Waals surface area contributed by atoms with Gasteiger partial charge < -0.3 is 18.6 Å². The second-order valence-corrected chi connectivity index (χ2v) is 1.75. The van der Waals surface area contributed by atoms with Crippen LogP contribution in [0.15, 0.2) is 24.3 Å². The smallest absolute Gasteiger partial charge is 0.813 e. The first kappa shape index (κ1) is 14.3. The van der Waals surface area contributed by atoms with Crippen LogP contribution in [0.3, 0.4) is 0 Å². The molecule has 0 spiro atoms. The van der Waals surface area contributed by atoms with Crippen molar-refractivity contribution in [1.29, 1.82) is 0 Å². The summed E-state index contributed by atoms with van der Waals surface area (Å²) in [6.45, 7) is 0. The van der Waals surface area contributed by atoms with E-state index in [0.717, 1.165) is 0 Å². The second-order valence-electron chi connectivity index (χ2n) is 1.75. The molecule has 0 unspecified atom stereocenters. The fraction of sp³-hybridized carbons (Fsp3) is 0. The number of nitro groups is 1. The van der Waals surface area contributed by atoms with Crippen molar-refractivity contribution in [3.63, 3.8) is 0 Å². The molecule has 12 heavy (non-hydrogen) atoms. The van der Waals surface area contributed by atoms with Gasteiger partial charge in [0.05, 0.1) is 4.92 Å². The number of aromatic hydroxyl groups is 1. The minimum absolute atomic E-state index is 0. The zero-order valence-electron chi connectivity index (χ0n) is 6.47. The Kier molecular flexibility index (Phi) is 7.51. The SMILES string of the molecule is O=[N+]([O-])c1ccccc1O.[Na+].[SH-]. The molecule has 0 aliphatic rings. The maximum atomic E-state index is 10.1. The molecule has 6 heteroatoms. The average molecular weight is 195 g/mol. The Morgan fingerprint density at radius 3 is 2.17 bits per heavy atom. The predicted molar refractivity (Wildman–Crippen MR) is 43.5 cm³/mol. The van der Waals surface area contributed by atoms with Crippen LogP contribution in [0.1, 0.15) is 0 Å². The van der Waals surface area contributed by atoms with E-state index in [9.17, 15) is 10.1 Å². The molecule has 0 amide bonds. The van der Waals surface area contributed by atoms with Crippen LogP contribution in [0.5, 0.6) is 5.75 Å². The average Bonchev–Trinajstić information content (AvgIpc) is 1.88. The fourth-order valence-electron chi connectivity index (χ4n) is 0.619. The van der Waals surface area contributed by atoms with Crippen LogP contribution in [0, 0.1) is 10.1 Å². The Labute approximate surface area is 98.5 Å². The number of phenolic OH excluding ortho intramolecular Hbond substituents is 1. The van der Waals surface area contributed by atoms with Gasteiger partial charge in [0.25, 0.3) is 0 Å². The summed E-state index contributed by atoms with van der Waals surface area (Å²) in [7, 11) is 0. The molecule has 1 aromatic rings. The van der Waals surface area contributed by atoms with Crippen molar-refractivity contribution in [2.75, 3.05) is 0 Å². The van der Waals surface area contributed by atoms with E-state index < -0.39 is 4.92 Å². The molecule has 4 nitrogen and oxygen atoms in total. The summed E-state index contributed by atoms with van der Waals surface area (Å²) in [6, 6.07) is 5.55. The zero-order valence-corrected chi connectivity index (χ0v) is 9.36. The molecule has 60 valence electrons. The fourth-order valence-corrected chi connectivity index (χ4v) is 0.619. The van der Waals surface area contributed by atoms with E-state index in [0.29, 0.717) is 0 Å². The van der Waals surface area contributed by atoms with Gasteiger partial charge in [0.1, 0.15) is 0 Å². The maximum absolute atomic E-state index is 10.1. The Balaban J connectivity index is 0. The molecule has 0 bridgehead atoms. The summed E-state index contributed by atoms with van der Waals surface area (Å²) >= 11 is 0. The van der Waals surface area contributed by atoms with Gasteiger partial charge in [-0.3, -0.25) is 10.1 Å². The largest absolute Gasteiger partial charge is 1.00 e. The van der Waals surface area contributed by atoms with Crippen molar-refractivity contribution in [1.82, 2.24) is 0 Å². The summed E-state index contributed by atoms with van der Waals surface area (Å²) in [5.74, 6) is -0.299. The van der Waals surface area contributed by atoms with Crippen LogP contribution in [0.2, 0.25) is 0 Å².